The van der Waals surface area contributed by atoms with E-state index in [2.05, 4.69) is 24.0 Å². The first-order valence-electron chi connectivity index (χ1n) is 7.42. The third-order valence-electron chi connectivity index (χ3n) is 4.23. The summed E-state index contributed by atoms with van der Waals surface area (Å²) in [6, 6.07) is 9.42. The molecule has 2 unspecified atom stereocenters. The van der Waals surface area contributed by atoms with Gasteiger partial charge in [0.05, 0.1) is 0 Å². The van der Waals surface area contributed by atoms with E-state index in [1.165, 1.54) is 37.8 Å². The first kappa shape index (κ1) is 13.4. The second kappa shape index (κ2) is 5.43. The predicted octanol–water partition coefficient (Wildman–Crippen LogP) is 3.60. The van der Waals surface area contributed by atoms with E-state index in [4.69, 9.17) is 17.3 Å². The summed E-state index contributed by atoms with van der Waals surface area (Å²) >= 11 is 6.15. The Hall–Kier alpha value is -0.570. The molecule has 0 amide bonds. The van der Waals surface area contributed by atoms with Gasteiger partial charge in [0.2, 0.25) is 0 Å². The normalized spacial score (nSPS) is 22.5. The van der Waals surface area contributed by atoms with Crippen molar-refractivity contribution >= 4 is 11.6 Å². The van der Waals surface area contributed by atoms with Crippen LogP contribution in [0.2, 0.25) is 5.02 Å². The number of benzene rings is 1. The van der Waals surface area contributed by atoms with E-state index in [9.17, 15) is 0 Å². The van der Waals surface area contributed by atoms with Gasteiger partial charge in [-0.15, -0.1) is 0 Å². The fraction of sp³-hybridized carbons (Fsp3) is 0.625. The van der Waals surface area contributed by atoms with Crippen molar-refractivity contribution in [2.24, 2.45) is 11.7 Å². The smallest absolute Gasteiger partial charge is 0.0500 e. The molecule has 3 heteroatoms. The van der Waals surface area contributed by atoms with Crippen molar-refractivity contribution in [3.05, 3.63) is 34.9 Å². The van der Waals surface area contributed by atoms with Gasteiger partial charge in [0.1, 0.15) is 0 Å². The molecule has 104 valence electrons. The standard InChI is InChI=1S/C16H23ClN2/c1-11(18)16(13-3-2-4-14(17)9-13)19(15-7-8-15)10-12-5-6-12/h2-4,9,11-12,15-16H,5-8,10,18H2,1H3. The molecule has 19 heavy (non-hydrogen) atoms. The second-order valence-corrected chi connectivity index (χ2v) is 6.67. The Balaban J connectivity index is 1.85. The molecule has 2 nitrogen and oxygen atoms in total. The van der Waals surface area contributed by atoms with Gasteiger partial charge in [-0.25, -0.2) is 0 Å². The fourth-order valence-corrected chi connectivity index (χ4v) is 3.18. The molecule has 2 aliphatic carbocycles. The van der Waals surface area contributed by atoms with Crippen LogP contribution in [0.1, 0.15) is 44.2 Å². The van der Waals surface area contributed by atoms with Gasteiger partial charge in [-0.05, 0) is 56.2 Å². The lowest BCUT2D eigenvalue weighted by Crippen LogP contribution is -2.41. The molecule has 0 heterocycles. The van der Waals surface area contributed by atoms with Crippen LogP contribution in [0.5, 0.6) is 0 Å². The van der Waals surface area contributed by atoms with E-state index in [-0.39, 0.29) is 6.04 Å². The van der Waals surface area contributed by atoms with Gasteiger partial charge >= 0.3 is 0 Å². The average molecular weight is 279 g/mol. The monoisotopic (exact) mass is 278 g/mol. The Morgan fingerprint density at radius 1 is 1.32 bits per heavy atom. The van der Waals surface area contributed by atoms with Crippen LogP contribution < -0.4 is 5.73 Å². The summed E-state index contributed by atoms with van der Waals surface area (Å²) in [7, 11) is 0. The Kier molecular flexibility index (Phi) is 3.84. The summed E-state index contributed by atoms with van der Waals surface area (Å²) < 4.78 is 0. The average Bonchev–Trinajstić information content (AvgIpc) is 3.23. The van der Waals surface area contributed by atoms with Crippen molar-refractivity contribution in [2.75, 3.05) is 6.54 Å². The van der Waals surface area contributed by atoms with Crippen LogP contribution in [0, 0.1) is 5.92 Å². The highest BCUT2D eigenvalue weighted by atomic mass is 35.5. The van der Waals surface area contributed by atoms with Crippen molar-refractivity contribution < 1.29 is 0 Å². The molecule has 2 aliphatic rings. The highest BCUT2D eigenvalue weighted by Gasteiger charge is 2.39. The fourth-order valence-electron chi connectivity index (χ4n) is 2.98. The minimum atomic E-state index is 0.137. The van der Waals surface area contributed by atoms with Crippen molar-refractivity contribution in [3.63, 3.8) is 0 Å². The van der Waals surface area contributed by atoms with E-state index in [1.54, 1.807) is 0 Å². The molecule has 0 radical (unpaired) electrons. The van der Waals surface area contributed by atoms with Crippen molar-refractivity contribution in [1.29, 1.82) is 0 Å². The maximum atomic E-state index is 6.30. The van der Waals surface area contributed by atoms with Crippen LogP contribution in [0.25, 0.3) is 0 Å². The molecule has 0 aromatic heterocycles. The van der Waals surface area contributed by atoms with E-state index < -0.39 is 0 Å². The van der Waals surface area contributed by atoms with Crippen LogP contribution in [-0.2, 0) is 0 Å². The Morgan fingerprint density at radius 3 is 2.58 bits per heavy atom. The van der Waals surface area contributed by atoms with Crippen LogP contribution in [0.3, 0.4) is 0 Å². The number of nitrogens with two attached hydrogens (primary N) is 1. The van der Waals surface area contributed by atoms with E-state index >= 15 is 0 Å². The first-order valence-corrected chi connectivity index (χ1v) is 7.79. The molecule has 0 spiro atoms. The minimum absolute atomic E-state index is 0.137. The molecule has 1 aromatic carbocycles. The van der Waals surface area contributed by atoms with E-state index in [1.807, 2.05) is 12.1 Å². The summed E-state index contributed by atoms with van der Waals surface area (Å²) in [6.45, 7) is 3.33. The molecular weight excluding hydrogens is 256 g/mol. The zero-order valence-electron chi connectivity index (χ0n) is 11.6. The summed E-state index contributed by atoms with van der Waals surface area (Å²) in [5.74, 6) is 0.904. The topological polar surface area (TPSA) is 29.3 Å². The quantitative estimate of drug-likeness (QED) is 0.861. The van der Waals surface area contributed by atoms with Crippen molar-refractivity contribution in [3.8, 4) is 0 Å². The Morgan fingerprint density at radius 2 is 2.05 bits per heavy atom. The van der Waals surface area contributed by atoms with Gasteiger partial charge in [-0.3, -0.25) is 4.90 Å². The number of hydrogen-bond donors (Lipinski definition) is 1. The summed E-state index contributed by atoms with van der Waals surface area (Å²) in [6.07, 6.45) is 5.45. The first-order chi connectivity index (χ1) is 9.15. The largest absolute Gasteiger partial charge is 0.326 e. The Labute approximate surface area is 120 Å². The molecule has 2 fully saturated rings. The molecule has 0 aliphatic heterocycles. The van der Waals surface area contributed by atoms with Crippen molar-refractivity contribution in [2.45, 2.75) is 50.7 Å². The number of halogens is 1. The predicted molar refractivity (Wildman–Crippen MR) is 80.3 cm³/mol. The minimum Gasteiger partial charge on any atom is -0.326 e. The third kappa shape index (κ3) is 3.31. The molecule has 2 N–H and O–H groups in total. The second-order valence-electron chi connectivity index (χ2n) is 6.23. The van der Waals surface area contributed by atoms with Crippen LogP contribution in [0.15, 0.2) is 24.3 Å². The number of nitrogens with zero attached hydrogens (tertiary/aromatic N) is 1. The molecule has 0 saturated heterocycles. The third-order valence-corrected chi connectivity index (χ3v) is 4.46. The lowest BCUT2D eigenvalue weighted by molar-refractivity contribution is 0.159. The maximum Gasteiger partial charge on any atom is 0.0500 e. The molecule has 1 aromatic rings. The molecular formula is C16H23ClN2. The summed E-state index contributed by atoms with van der Waals surface area (Å²) in [4.78, 5) is 2.65. The Bertz CT molecular complexity index is 438. The molecule has 3 rings (SSSR count). The highest BCUT2D eigenvalue weighted by Crippen LogP contribution is 2.40. The van der Waals surface area contributed by atoms with Gasteiger partial charge < -0.3 is 5.73 Å². The summed E-state index contributed by atoms with van der Waals surface area (Å²) in [5, 5.41) is 0.810. The van der Waals surface area contributed by atoms with Gasteiger partial charge in [0.15, 0.2) is 0 Å². The molecule has 2 saturated carbocycles. The van der Waals surface area contributed by atoms with Gasteiger partial charge in [0.25, 0.3) is 0 Å². The van der Waals surface area contributed by atoms with Gasteiger partial charge in [0, 0.05) is 29.7 Å². The lowest BCUT2D eigenvalue weighted by Gasteiger charge is -2.35. The zero-order chi connectivity index (χ0) is 13.4. The molecule has 2 atom stereocenters. The van der Waals surface area contributed by atoms with Crippen LogP contribution in [-0.4, -0.2) is 23.5 Å². The van der Waals surface area contributed by atoms with Crippen LogP contribution >= 0.6 is 11.6 Å². The zero-order valence-corrected chi connectivity index (χ0v) is 12.3. The SMILES string of the molecule is CC(N)C(c1cccc(Cl)c1)N(CC1CC1)C1CC1. The summed E-state index contributed by atoms with van der Waals surface area (Å²) in [5.41, 5.74) is 7.57. The van der Waals surface area contributed by atoms with E-state index in [0.717, 1.165) is 17.0 Å². The lowest BCUT2D eigenvalue weighted by atomic mass is 9.98. The maximum absolute atomic E-state index is 6.30. The van der Waals surface area contributed by atoms with Crippen molar-refractivity contribution in [1.82, 2.24) is 4.90 Å². The van der Waals surface area contributed by atoms with Gasteiger partial charge in [-0.2, -0.15) is 0 Å². The van der Waals surface area contributed by atoms with E-state index in [0.29, 0.717) is 6.04 Å². The molecule has 0 bridgehead atoms. The number of rotatable bonds is 6. The van der Waals surface area contributed by atoms with Crippen LogP contribution in [0.4, 0.5) is 0 Å². The number of hydrogen-bond acceptors (Lipinski definition) is 2. The van der Waals surface area contributed by atoms with Gasteiger partial charge in [-0.1, -0.05) is 23.7 Å². The highest BCUT2D eigenvalue weighted by molar-refractivity contribution is 6.30.